The third-order valence-electron chi connectivity index (χ3n) is 3.96. The highest BCUT2D eigenvalue weighted by molar-refractivity contribution is 5.85. The Morgan fingerprint density at radius 2 is 2.12 bits per heavy atom. The van der Waals surface area contributed by atoms with E-state index in [1.165, 1.54) is 19.3 Å². The summed E-state index contributed by atoms with van der Waals surface area (Å²) >= 11 is 0. The maximum Gasteiger partial charge on any atom is 0.222 e. The number of carbonyl (C=O) groups excluding carboxylic acids is 1. The summed E-state index contributed by atoms with van der Waals surface area (Å²) < 4.78 is 0. The lowest BCUT2D eigenvalue weighted by Gasteiger charge is -2.21. The smallest absolute Gasteiger partial charge is 0.222 e. The summed E-state index contributed by atoms with van der Waals surface area (Å²) in [6, 6.07) is 0. The van der Waals surface area contributed by atoms with Crippen molar-refractivity contribution in [2.45, 2.75) is 39.0 Å². The van der Waals surface area contributed by atoms with Gasteiger partial charge in [0.25, 0.3) is 0 Å². The molecule has 17 heavy (non-hydrogen) atoms. The molecule has 2 aliphatic rings. The Bertz CT molecular complexity index is 240. The largest absolute Gasteiger partial charge is 0.341 e. The summed E-state index contributed by atoms with van der Waals surface area (Å²) in [6.07, 6.45) is 5.74. The van der Waals surface area contributed by atoms with Gasteiger partial charge in [-0.25, -0.2) is 0 Å². The van der Waals surface area contributed by atoms with E-state index in [1.54, 1.807) is 0 Å². The van der Waals surface area contributed by atoms with Crippen LogP contribution in [0.1, 0.15) is 39.0 Å². The summed E-state index contributed by atoms with van der Waals surface area (Å²) in [5.41, 5.74) is 0. The predicted octanol–water partition coefficient (Wildman–Crippen LogP) is 2.06. The Morgan fingerprint density at radius 1 is 1.29 bits per heavy atom. The minimum atomic E-state index is 0. The molecular weight excluding hydrogens is 236 g/mol. The van der Waals surface area contributed by atoms with Crippen LogP contribution in [-0.4, -0.2) is 37.0 Å². The first-order valence-electron chi connectivity index (χ1n) is 6.74. The highest BCUT2D eigenvalue weighted by atomic mass is 35.5. The number of carbonyl (C=O) groups is 1. The summed E-state index contributed by atoms with van der Waals surface area (Å²) in [6.45, 7) is 6.19. The van der Waals surface area contributed by atoms with Crippen LogP contribution in [0.2, 0.25) is 0 Å². The first-order chi connectivity index (χ1) is 7.75. The van der Waals surface area contributed by atoms with Crippen molar-refractivity contribution in [1.29, 1.82) is 0 Å². The molecule has 2 fully saturated rings. The molecule has 0 aromatic heterocycles. The summed E-state index contributed by atoms with van der Waals surface area (Å²) in [5.74, 6) is 1.89. The molecule has 2 atom stereocenters. The molecule has 0 aromatic rings. The lowest BCUT2D eigenvalue weighted by atomic mass is 10.0. The van der Waals surface area contributed by atoms with Gasteiger partial charge in [0.2, 0.25) is 5.91 Å². The molecule has 0 spiro atoms. The van der Waals surface area contributed by atoms with Crippen molar-refractivity contribution >= 4 is 18.3 Å². The minimum Gasteiger partial charge on any atom is -0.341 e. The third-order valence-corrected chi connectivity index (χ3v) is 3.96. The summed E-state index contributed by atoms with van der Waals surface area (Å²) in [5, 5.41) is 3.34. The predicted molar refractivity (Wildman–Crippen MR) is 72.4 cm³/mol. The maximum atomic E-state index is 12.1. The fourth-order valence-electron chi connectivity index (χ4n) is 2.98. The van der Waals surface area contributed by atoms with Crippen molar-refractivity contribution in [3.63, 3.8) is 0 Å². The van der Waals surface area contributed by atoms with E-state index < -0.39 is 0 Å². The molecular formula is C13H25ClN2O. The van der Waals surface area contributed by atoms with Crippen molar-refractivity contribution in [2.24, 2.45) is 11.8 Å². The number of nitrogens with one attached hydrogen (secondary N) is 1. The van der Waals surface area contributed by atoms with Gasteiger partial charge in [-0.2, -0.15) is 0 Å². The molecule has 2 unspecified atom stereocenters. The van der Waals surface area contributed by atoms with Gasteiger partial charge in [0, 0.05) is 26.1 Å². The molecule has 1 amide bonds. The molecule has 0 radical (unpaired) electrons. The average molecular weight is 261 g/mol. The van der Waals surface area contributed by atoms with Gasteiger partial charge < -0.3 is 10.2 Å². The normalized spacial score (nSPS) is 29.6. The Labute approximate surface area is 111 Å². The number of halogens is 1. The SMILES string of the molecule is CC1CCC(CC(=O)N2CCCNCC2)C1.Cl. The van der Waals surface area contributed by atoms with Gasteiger partial charge in [0.05, 0.1) is 0 Å². The van der Waals surface area contributed by atoms with Crippen molar-refractivity contribution in [2.75, 3.05) is 26.2 Å². The standard InChI is InChI=1S/C13H24N2O.ClH/c1-11-3-4-12(9-11)10-13(16)15-7-2-5-14-6-8-15;/h11-12,14H,2-10H2,1H3;1H. The second-order valence-electron chi connectivity index (χ2n) is 5.47. The van der Waals surface area contributed by atoms with Crippen LogP contribution in [0.3, 0.4) is 0 Å². The van der Waals surface area contributed by atoms with Crippen molar-refractivity contribution < 1.29 is 4.79 Å². The van der Waals surface area contributed by atoms with Gasteiger partial charge in [-0.3, -0.25) is 4.79 Å². The first-order valence-corrected chi connectivity index (χ1v) is 6.74. The van der Waals surface area contributed by atoms with Crippen molar-refractivity contribution in [3.8, 4) is 0 Å². The highest BCUT2D eigenvalue weighted by Crippen LogP contribution is 2.32. The van der Waals surface area contributed by atoms with E-state index >= 15 is 0 Å². The monoisotopic (exact) mass is 260 g/mol. The van der Waals surface area contributed by atoms with Crippen LogP contribution in [-0.2, 0) is 4.79 Å². The second kappa shape index (κ2) is 7.22. The Hall–Kier alpha value is -0.280. The van der Waals surface area contributed by atoms with Gasteiger partial charge >= 0.3 is 0 Å². The number of hydrogen-bond donors (Lipinski definition) is 1. The van der Waals surface area contributed by atoms with Gasteiger partial charge in [-0.15, -0.1) is 12.4 Å². The summed E-state index contributed by atoms with van der Waals surface area (Å²) in [7, 11) is 0. The molecule has 1 heterocycles. The van der Waals surface area contributed by atoms with E-state index in [0.717, 1.165) is 44.9 Å². The molecule has 2 rings (SSSR count). The van der Waals surface area contributed by atoms with E-state index in [4.69, 9.17) is 0 Å². The Kier molecular flexibility index (Phi) is 6.28. The van der Waals surface area contributed by atoms with Crippen molar-refractivity contribution in [1.82, 2.24) is 10.2 Å². The number of amides is 1. The van der Waals surface area contributed by atoms with Crippen molar-refractivity contribution in [3.05, 3.63) is 0 Å². The van der Waals surface area contributed by atoms with Crippen LogP contribution < -0.4 is 5.32 Å². The molecule has 1 N–H and O–H groups in total. The van der Waals surface area contributed by atoms with Gasteiger partial charge in [0.15, 0.2) is 0 Å². The molecule has 100 valence electrons. The van der Waals surface area contributed by atoms with E-state index in [2.05, 4.69) is 17.1 Å². The fraction of sp³-hybridized carbons (Fsp3) is 0.923. The van der Waals surface area contributed by atoms with Crippen LogP contribution in [0, 0.1) is 11.8 Å². The molecule has 4 heteroatoms. The van der Waals surface area contributed by atoms with Crippen LogP contribution in [0.25, 0.3) is 0 Å². The quantitative estimate of drug-likeness (QED) is 0.824. The molecule has 0 aromatic carbocycles. The van der Waals surface area contributed by atoms with Gasteiger partial charge in [0.1, 0.15) is 0 Å². The first kappa shape index (κ1) is 14.8. The molecule has 0 bridgehead atoms. The zero-order valence-electron chi connectivity index (χ0n) is 10.8. The van der Waals surface area contributed by atoms with Crippen LogP contribution in [0.15, 0.2) is 0 Å². The Morgan fingerprint density at radius 3 is 2.82 bits per heavy atom. The van der Waals surface area contributed by atoms with Gasteiger partial charge in [-0.05, 0) is 37.6 Å². The summed E-state index contributed by atoms with van der Waals surface area (Å²) in [4.78, 5) is 14.2. The van der Waals surface area contributed by atoms with Crippen LogP contribution in [0.5, 0.6) is 0 Å². The fourth-order valence-corrected chi connectivity index (χ4v) is 2.98. The average Bonchev–Trinajstić information content (AvgIpc) is 2.56. The number of hydrogen-bond acceptors (Lipinski definition) is 2. The van der Waals surface area contributed by atoms with Crippen LogP contribution in [0.4, 0.5) is 0 Å². The molecule has 1 aliphatic heterocycles. The zero-order valence-corrected chi connectivity index (χ0v) is 11.6. The molecule has 1 aliphatic carbocycles. The maximum absolute atomic E-state index is 12.1. The van der Waals surface area contributed by atoms with Crippen LogP contribution >= 0.6 is 12.4 Å². The van der Waals surface area contributed by atoms with E-state index in [9.17, 15) is 4.79 Å². The lowest BCUT2D eigenvalue weighted by Crippen LogP contribution is -2.35. The third kappa shape index (κ3) is 4.47. The van der Waals surface area contributed by atoms with E-state index in [1.807, 2.05) is 0 Å². The zero-order chi connectivity index (χ0) is 11.4. The molecule has 1 saturated heterocycles. The molecule has 3 nitrogen and oxygen atoms in total. The van der Waals surface area contributed by atoms with E-state index in [0.29, 0.717) is 11.8 Å². The highest BCUT2D eigenvalue weighted by Gasteiger charge is 2.25. The Balaban J connectivity index is 0.00000144. The minimum absolute atomic E-state index is 0. The van der Waals surface area contributed by atoms with Gasteiger partial charge in [-0.1, -0.05) is 13.3 Å². The number of nitrogens with zero attached hydrogens (tertiary/aromatic N) is 1. The second-order valence-corrected chi connectivity index (χ2v) is 5.47. The van der Waals surface area contributed by atoms with E-state index in [-0.39, 0.29) is 12.4 Å². The number of rotatable bonds is 2. The lowest BCUT2D eigenvalue weighted by molar-refractivity contribution is -0.132. The topological polar surface area (TPSA) is 32.3 Å². The molecule has 1 saturated carbocycles.